The van der Waals surface area contributed by atoms with E-state index in [1.807, 2.05) is 36.4 Å². The van der Waals surface area contributed by atoms with Gasteiger partial charge in [-0.3, -0.25) is 4.57 Å². The maximum Gasteiger partial charge on any atom is 0.238 e. The van der Waals surface area contributed by atoms with E-state index in [2.05, 4.69) is 220 Å². The van der Waals surface area contributed by atoms with Crippen molar-refractivity contribution in [1.29, 1.82) is 0 Å². The molecule has 0 aliphatic heterocycles. The van der Waals surface area contributed by atoms with Gasteiger partial charge in [0.15, 0.2) is 11.6 Å². The smallest absolute Gasteiger partial charge is 0.238 e. The molecule has 0 atom stereocenters. The minimum Gasteiger partial charge on any atom is -0.309 e. The minimum atomic E-state index is 0.549. The Balaban J connectivity index is 1.21. The van der Waals surface area contributed by atoms with Gasteiger partial charge in [0.05, 0.1) is 38.8 Å². The molecule has 10 aromatic carbocycles. The predicted octanol–water partition coefficient (Wildman–Crippen LogP) is 15.8. The van der Waals surface area contributed by atoms with Crippen molar-refractivity contribution in [2.75, 3.05) is 0 Å². The van der Waals surface area contributed by atoms with Crippen LogP contribution in [0, 0.1) is 0 Å². The van der Waals surface area contributed by atoms with Crippen molar-refractivity contribution in [3.05, 3.63) is 243 Å². The SMILES string of the molecule is c1ccc(-c2nc(-c3ccccc3)nc(-n3c4ccccc4c4ccc5c6ccccc6n(-c6cc7c8ccccc8n(-c8ccccc8)c7c(-c7ccccc7)c6-c6ccccc6)c5c43)n2)cc1. The van der Waals surface area contributed by atoms with E-state index in [1.54, 1.807) is 0 Å². The summed E-state index contributed by atoms with van der Waals surface area (Å²) >= 11 is 0. The summed E-state index contributed by atoms with van der Waals surface area (Å²) in [7, 11) is 0. The fourth-order valence-electron chi connectivity index (χ4n) is 10.8. The molecule has 0 radical (unpaired) electrons. The molecular formula is C63H40N6. The third-order valence-electron chi connectivity index (χ3n) is 13.7. The van der Waals surface area contributed by atoms with Crippen LogP contribution in [0.2, 0.25) is 0 Å². The van der Waals surface area contributed by atoms with Gasteiger partial charge >= 0.3 is 0 Å². The highest BCUT2D eigenvalue weighted by Crippen LogP contribution is 2.49. The van der Waals surface area contributed by atoms with Crippen LogP contribution in [-0.4, -0.2) is 28.7 Å². The molecule has 14 aromatic rings. The van der Waals surface area contributed by atoms with Gasteiger partial charge in [-0.1, -0.05) is 206 Å². The molecule has 4 heterocycles. The third kappa shape index (κ3) is 6.02. The van der Waals surface area contributed by atoms with Crippen LogP contribution in [0.15, 0.2) is 243 Å². The Bertz CT molecular complexity index is 4210. The number of hydrogen-bond donors (Lipinski definition) is 0. The average Bonchev–Trinajstić information content (AvgIpc) is 4.07. The number of nitrogens with zero attached hydrogens (tertiary/aromatic N) is 6. The molecule has 0 spiro atoms. The Morgan fingerprint density at radius 1 is 0.261 bits per heavy atom. The van der Waals surface area contributed by atoms with Crippen molar-refractivity contribution in [1.82, 2.24) is 28.7 Å². The van der Waals surface area contributed by atoms with Crippen LogP contribution >= 0.6 is 0 Å². The number of rotatable bonds is 7. The second-order valence-electron chi connectivity index (χ2n) is 17.5. The van der Waals surface area contributed by atoms with Crippen LogP contribution in [0.3, 0.4) is 0 Å². The van der Waals surface area contributed by atoms with Gasteiger partial charge < -0.3 is 9.13 Å². The molecule has 0 N–H and O–H groups in total. The molecule has 0 unspecified atom stereocenters. The van der Waals surface area contributed by atoms with Gasteiger partial charge in [-0.25, -0.2) is 4.98 Å². The van der Waals surface area contributed by atoms with Crippen molar-refractivity contribution in [3.63, 3.8) is 0 Å². The third-order valence-corrected chi connectivity index (χ3v) is 13.7. The Morgan fingerprint density at radius 3 is 1.17 bits per heavy atom. The van der Waals surface area contributed by atoms with Gasteiger partial charge in [0, 0.05) is 60.3 Å². The van der Waals surface area contributed by atoms with E-state index in [-0.39, 0.29) is 0 Å². The van der Waals surface area contributed by atoms with Gasteiger partial charge in [0.25, 0.3) is 0 Å². The molecule has 322 valence electrons. The zero-order valence-corrected chi connectivity index (χ0v) is 37.3. The first-order chi connectivity index (χ1) is 34.3. The largest absolute Gasteiger partial charge is 0.309 e. The van der Waals surface area contributed by atoms with Gasteiger partial charge in [0.1, 0.15) is 0 Å². The topological polar surface area (TPSA) is 53.5 Å². The van der Waals surface area contributed by atoms with E-state index in [1.165, 1.54) is 10.8 Å². The molecule has 4 aromatic heterocycles. The zero-order valence-electron chi connectivity index (χ0n) is 37.3. The number of benzene rings is 10. The quantitative estimate of drug-likeness (QED) is 0.160. The molecule has 0 saturated carbocycles. The zero-order chi connectivity index (χ0) is 45.4. The number of aromatic nitrogens is 6. The molecule has 0 saturated heterocycles. The highest BCUT2D eigenvalue weighted by Gasteiger charge is 2.28. The van der Waals surface area contributed by atoms with Crippen molar-refractivity contribution >= 4 is 65.4 Å². The van der Waals surface area contributed by atoms with Crippen LogP contribution in [-0.2, 0) is 0 Å². The highest BCUT2D eigenvalue weighted by molar-refractivity contribution is 6.25. The van der Waals surface area contributed by atoms with E-state index >= 15 is 0 Å². The molecule has 0 amide bonds. The van der Waals surface area contributed by atoms with Gasteiger partial charge in [-0.2, -0.15) is 9.97 Å². The fourth-order valence-corrected chi connectivity index (χ4v) is 10.8. The summed E-state index contributed by atoms with van der Waals surface area (Å²) in [5, 5.41) is 6.86. The molecule has 14 rings (SSSR count). The first-order valence-electron chi connectivity index (χ1n) is 23.4. The molecule has 6 heteroatoms. The summed E-state index contributed by atoms with van der Waals surface area (Å²) in [6.45, 7) is 0. The van der Waals surface area contributed by atoms with Gasteiger partial charge in [-0.15, -0.1) is 0 Å². The summed E-state index contributed by atoms with van der Waals surface area (Å²) in [4.78, 5) is 15.9. The lowest BCUT2D eigenvalue weighted by Gasteiger charge is -2.22. The second kappa shape index (κ2) is 15.6. The lowest BCUT2D eigenvalue weighted by Crippen LogP contribution is -2.07. The van der Waals surface area contributed by atoms with E-state index in [0.717, 1.165) is 99.4 Å². The van der Waals surface area contributed by atoms with Crippen molar-refractivity contribution in [2.24, 2.45) is 0 Å². The predicted molar refractivity (Wildman–Crippen MR) is 285 cm³/mol. The van der Waals surface area contributed by atoms with Gasteiger partial charge in [-0.05, 0) is 47.5 Å². The standard InChI is InChI=1S/C63H40N6/c1-6-22-41(23-7-1)56-55(40-51-48-34-18-19-35-52(48)67(45-30-14-5-15-31-45)58(51)57(56)42-24-8-2-9-25-42)68-53-36-20-16-32-46(53)49-38-39-50-47-33-17-21-37-54(47)69(60(50)59(49)68)63-65-61(43-26-10-3-11-27-43)64-62(66-63)44-28-12-4-13-29-44/h1-40H. The molecule has 6 nitrogen and oxygen atoms in total. The summed E-state index contributed by atoms with van der Waals surface area (Å²) in [5.41, 5.74) is 15.1. The van der Waals surface area contributed by atoms with E-state index in [4.69, 9.17) is 15.0 Å². The lowest BCUT2D eigenvalue weighted by atomic mass is 9.90. The van der Waals surface area contributed by atoms with Crippen molar-refractivity contribution < 1.29 is 0 Å². The molecule has 69 heavy (non-hydrogen) atoms. The summed E-state index contributed by atoms with van der Waals surface area (Å²) < 4.78 is 7.27. The monoisotopic (exact) mass is 880 g/mol. The Labute approximate surface area is 397 Å². The lowest BCUT2D eigenvalue weighted by molar-refractivity contribution is 0.953. The van der Waals surface area contributed by atoms with Crippen LogP contribution in [0.5, 0.6) is 0 Å². The molecular weight excluding hydrogens is 841 g/mol. The molecule has 0 aliphatic carbocycles. The maximum atomic E-state index is 5.39. The highest BCUT2D eigenvalue weighted by atomic mass is 15.2. The van der Waals surface area contributed by atoms with Crippen molar-refractivity contribution in [2.45, 2.75) is 0 Å². The summed E-state index contributed by atoms with van der Waals surface area (Å²) in [6.07, 6.45) is 0. The van der Waals surface area contributed by atoms with E-state index < -0.39 is 0 Å². The summed E-state index contributed by atoms with van der Waals surface area (Å²) in [5.74, 6) is 1.77. The second-order valence-corrected chi connectivity index (χ2v) is 17.5. The normalized spacial score (nSPS) is 11.8. The van der Waals surface area contributed by atoms with Crippen LogP contribution in [0.4, 0.5) is 0 Å². The fraction of sp³-hybridized carbons (Fsp3) is 0. The average molecular weight is 881 g/mol. The molecule has 0 bridgehead atoms. The van der Waals surface area contributed by atoms with Crippen LogP contribution in [0.1, 0.15) is 0 Å². The first kappa shape index (κ1) is 38.8. The Kier molecular flexibility index (Phi) is 8.79. The molecule has 0 aliphatic rings. The summed E-state index contributed by atoms with van der Waals surface area (Å²) in [6, 6.07) is 86.5. The maximum absolute atomic E-state index is 5.39. The minimum absolute atomic E-state index is 0.549. The number of fused-ring (bicyclic) bond motifs is 10. The molecule has 0 fully saturated rings. The van der Waals surface area contributed by atoms with Gasteiger partial charge in [0.2, 0.25) is 5.95 Å². The van der Waals surface area contributed by atoms with E-state index in [9.17, 15) is 0 Å². The Hall–Kier alpha value is -9.39. The van der Waals surface area contributed by atoms with E-state index in [0.29, 0.717) is 17.6 Å². The van der Waals surface area contributed by atoms with Crippen LogP contribution in [0.25, 0.3) is 128 Å². The Morgan fingerprint density at radius 2 is 0.652 bits per heavy atom. The van der Waals surface area contributed by atoms with Crippen molar-refractivity contribution in [3.8, 4) is 62.4 Å². The number of para-hydroxylation sites is 4. The van der Waals surface area contributed by atoms with Crippen LogP contribution < -0.4 is 0 Å². The number of hydrogen-bond acceptors (Lipinski definition) is 3. The first-order valence-corrected chi connectivity index (χ1v) is 23.4.